The SMILES string of the molecule is CN1CCN(C(=O)Nc2cc(F)cc(F)c2)CC1. The Morgan fingerprint density at radius 2 is 1.67 bits per heavy atom. The average molecular weight is 255 g/mol. The molecule has 1 aromatic rings. The van der Waals surface area contributed by atoms with Crippen LogP contribution >= 0.6 is 0 Å². The molecule has 1 aliphatic rings. The van der Waals surface area contributed by atoms with Crippen LogP contribution in [0.1, 0.15) is 0 Å². The smallest absolute Gasteiger partial charge is 0.321 e. The molecule has 1 N–H and O–H groups in total. The van der Waals surface area contributed by atoms with Crippen molar-refractivity contribution in [2.75, 3.05) is 38.5 Å². The molecule has 4 nitrogen and oxygen atoms in total. The minimum Gasteiger partial charge on any atom is -0.322 e. The molecule has 0 spiro atoms. The van der Waals surface area contributed by atoms with Gasteiger partial charge in [-0.15, -0.1) is 0 Å². The van der Waals surface area contributed by atoms with Gasteiger partial charge in [-0.2, -0.15) is 0 Å². The monoisotopic (exact) mass is 255 g/mol. The van der Waals surface area contributed by atoms with E-state index in [1.807, 2.05) is 7.05 Å². The van der Waals surface area contributed by atoms with Crippen molar-refractivity contribution in [1.29, 1.82) is 0 Å². The molecule has 1 saturated heterocycles. The van der Waals surface area contributed by atoms with Gasteiger partial charge in [0.25, 0.3) is 0 Å². The highest BCUT2D eigenvalue weighted by Crippen LogP contribution is 2.13. The van der Waals surface area contributed by atoms with Crippen LogP contribution in [0.3, 0.4) is 0 Å². The Morgan fingerprint density at radius 1 is 1.11 bits per heavy atom. The van der Waals surface area contributed by atoms with Gasteiger partial charge in [0.15, 0.2) is 0 Å². The first kappa shape index (κ1) is 12.8. The summed E-state index contributed by atoms with van der Waals surface area (Å²) in [5.74, 6) is -1.41. The quantitative estimate of drug-likeness (QED) is 0.829. The van der Waals surface area contributed by atoms with E-state index in [4.69, 9.17) is 0 Å². The van der Waals surface area contributed by atoms with Gasteiger partial charge in [-0.25, -0.2) is 13.6 Å². The van der Waals surface area contributed by atoms with E-state index in [1.54, 1.807) is 4.90 Å². The van der Waals surface area contributed by atoms with Crippen molar-refractivity contribution < 1.29 is 13.6 Å². The number of likely N-dealkylation sites (N-methyl/N-ethyl adjacent to an activating group) is 1. The van der Waals surface area contributed by atoms with Crippen molar-refractivity contribution in [1.82, 2.24) is 9.80 Å². The topological polar surface area (TPSA) is 35.6 Å². The molecular weight excluding hydrogens is 240 g/mol. The number of hydrogen-bond donors (Lipinski definition) is 1. The van der Waals surface area contributed by atoms with Gasteiger partial charge in [0, 0.05) is 37.9 Å². The third-order valence-electron chi connectivity index (χ3n) is 2.90. The summed E-state index contributed by atoms with van der Waals surface area (Å²) in [6, 6.07) is 2.63. The summed E-state index contributed by atoms with van der Waals surface area (Å²) in [7, 11) is 1.98. The predicted molar refractivity (Wildman–Crippen MR) is 64.4 cm³/mol. The van der Waals surface area contributed by atoms with Crippen LogP contribution in [0, 0.1) is 11.6 Å². The van der Waals surface area contributed by atoms with E-state index in [9.17, 15) is 13.6 Å². The molecular formula is C12H15F2N3O. The van der Waals surface area contributed by atoms with E-state index >= 15 is 0 Å². The third kappa shape index (κ3) is 3.16. The second-order valence-electron chi connectivity index (χ2n) is 4.38. The molecule has 1 aromatic carbocycles. The van der Waals surface area contributed by atoms with Gasteiger partial charge >= 0.3 is 6.03 Å². The number of hydrogen-bond acceptors (Lipinski definition) is 2. The standard InChI is InChI=1S/C12H15F2N3O/c1-16-2-4-17(5-3-16)12(18)15-11-7-9(13)6-10(14)8-11/h6-8H,2-5H2,1H3,(H,15,18). The van der Waals surface area contributed by atoms with E-state index in [-0.39, 0.29) is 11.7 Å². The van der Waals surface area contributed by atoms with Crippen LogP contribution in [0.4, 0.5) is 19.3 Å². The second-order valence-corrected chi connectivity index (χ2v) is 4.38. The Labute approximate surface area is 104 Å². The van der Waals surface area contributed by atoms with Crippen molar-refractivity contribution in [2.24, 2.45) is 0 Å². The maximum atomic E-state index is 13.0. The maximum Gasteiger partial charge on any atom is 0.321 e. The van der Waals surface area contributed by atoms with Crippen molar-refractivity contribution in [2.45, 2.75) is 0 Å². The summed E-state index contributed by atoms with van der Waals surface area (Å²) in [6.07, 6.45) is 0. The number of anilines is 1. The van der Waals surface area contributed by atoms with Crippen LogP contribution in [0.25, 0.3) is 0 Å². The fourth-order valence-electron chi connectivity index (χ4n) is 1.84. The molecule has 0 saturated carbocycles. The van der Waals surface area contributed by atoms with E-state index in [1.165, 1.54) is 0 Å². The lowest BCUT2D eigenvalue weighted by Crippen LogP contribution is -2.48. The predicted octanol–water partition coefficient (Wildman–Crippen LogP) is 1.74. The van der Waals surface area contributed by atoms with Gasteiger partial charge in [-0.05, 0) is 19.2 Å². The Kier molecular flexibility index (Phi) is 3.76. The molecule has 2 amide bonds. The Balaban J connectivity index is 1.98. The largest absolute Gasteiger partial charge is 0.322 e. The minimum absolute atomic E-state index is 0.136. The molecule has 0 atom stereocenters. The zero-order valence-electron chi connectivity index (χ0n) is 10.1. The second kappa shape index (κ2) is 5.30. The molecule has 0 aliphatic carbocycles. The van der Waals surface area contributed by atoms with E-state index < -0.39 is 11.6 Å². The molecule has 0 radical (unpaired) electrons. The highest BCUT2D eigenvalue weighted by atomic mass is 19.1. The number of amides is 2. The van der Waals surface area contributed by atoms with Crippen molar-refractivity contribution in [3.8, 4) is 0 Å². The van der Waals surface area contributed by atoms with Crippen LogP contribution in [0.15, 0.2) is 18.2 Å². The van der Waals surface area contributed by atoms with Crippen LogP contribution in [-0.2, 0) is 0 Å². The maximum absolute atomic E-state index is 13.0. The molecule has 18 heavy (non-hydrogen) atoms. The first-order valence-electron chi connectivity index (χ1n) is 5.75. The zero-order valence-corrected chi connectivity index (χ0v) is 10.1. The van der Waals surface area contributed by atoms with Crippen molar-refractivity contribution >= 4 is 11.7 Å². The molecule has 0 bridgehead atoms. The van der Waals surface area contributed by atoms with Crippen molar-refractivity contribution in [3.05, 3.63) is 29.8 Å². The zero-order chi connectivity index (χ0) is 13.1. The lowest BCUT2D eigenvalue weighted by molar-refractivity contribution is 0.164. The summed E-state index contributed by atoms with van der Waals surface area (Å²) >= 11 is 0. The number of rotatable bonds is 1. The van der Waals surface area contributed by atoms with Gasteiger partial charge in [0.05, 0.1) is 0 Å². The number of urea groups is 1. The van der Waals surface area contributed by atoms with E-state index in [2.05, 4.69) is 10.2 Å². The van der Waals surface area contributed by atoms with Gasteiger partial charge in [0.1, 0.15) is 11.6 Å². The number of nitrogens with zero attached hydrogens (tertiary/aromatic N) is 2. The van der Waals surface area contributed by atoms with E-state index in [0.717, 1.165) is 31.3 Å². The normalized spacial score (nSPS) is 16.7. The minimum atomic E-state index is -0.705. The van der Waals surface area contributed by atoms with Gasteiger partial charge < -0.3 is 15.1 Å². The first-order chi connectivity index (χ1) is 8.54. The Bertz CT molecular complexity index is 425. The number of carbonyl (C=O) groups excluding carboxylic acids is 1. The molecule has 6 heteroatoms. The highest BCUT2D eigenvalue weighted by molar-refractivity contribution is 5.89. The summed E-state index contributed by atoms with van der Waals surface area (Å²) in [4.78, 5) is 15.6. The fraction of sp³-hybridized carbons (Fsp3) is 0.417. The Hall–Kier alpha value is -1.69. The first-order valence-corrected chi connectivity index (χ1v) is 5.75. The van der Waals surface area contributed by atoms with Crippen molar-refractivity contribution in [3.63, 3.8) is 0 Å². The summed E-state index contributed by atoms with van der Waals surface area (Å²) < 4.78 is 25.9. The van der Waals surface area contributed by atoms with Crippen LogP contribution in [-0.4, -0.2) is 49.1 Å². The molecule has 1 heterocycles. The lowest BCUT2D eigenvalue weighted by atomic mass is 10.3. The highest BCUT2D eigenvalue weighted by Gasteiger charge is 2.19. The van der Waals surface area contributed by atoms with Gasteiger partial charge in [-0.3, -0.25) is 0 Å². The van der Waals surface area contributed by atoms with E-state index in [0.29, 0.717) is 13.1 Å². The molecule has 0 unspecified atom stereocenters. The number of halogens is 2. The number of piperazine rings is 1. The molecule has 98 valence electrons. The van der Waals surface area contributed by atoms with Gasteiger partial charge in [-0.1, -0.05) is 0 Å². The molecule has 2 rings (SSSR count). The fourth-order valence-corrected chi connectivity index (χ4v) is 1.84. The third-order valence-corrected chi connectivity index (χ3v) is 2.90. The number of nitrogens with one attached hydrogen (secondary N) is 1. The number of carbonyl (C=O) groups is 1. The van der Waals surface area contributed by atoms with Crippen LogP contribution < -0.4 is 5.32 Å². The molecule has 1 aliphatic heterocycles. The summed E-state index contributed by atoms with van der Waals surface area (Å²) in [5, 5.41) is 2.50. The average Bonchev–Trinajstić information content (AvgIpc) is 2.28. The summed E-state index contributed by atoms with van der Waals surface area (Å²) in [6.45, 7) is 2.82. The number of benzene rings is 1. The van der Waals surface area contributed by atoms with Crippen LogP contribution in [0.5, 0.6) is 0 Å². The molecule has 1 fully saturated rings. The summed E-state index contributed by atoms with van der Waals surface area (Å²) in [5.41, 5.74) is 0.136. The van der Waals surface area contributed by atoms with Gasteiger partial charge in [0.2, 0.25) is 0 Å². The lowest BCUT2D eigenvalue weighted by Gasteiger charge is -2.32. The Morgan fingerprint density at radius 3 is 2.22 bits per heavy atom. The molecule has 0 aromatic heterocycles. The van der Waals surface area contributed by atoms with Crippen LogP contribution in [0.2, 0.25) is 0 Å².